The molecule has 0 bridgehead atoms. The number of thiophene rings is 1. The van der Waals surface area contributed by atoms with Gasteiger partial charge in [-0.2, -0.15) is 0 Å². The minimum Gasteiger partial charge on any atom is -0.352 e. The number of hydrogen-bond donors (Lipinski definition) is 2. The highest BCUT2D eigenvalue weighted by Gasteiger charge is 2.11. The summed E-state index contributed by atoms with van der Waals surface area (Å²) in [4.78, 5) is 29.8. The zero-order valence-electron chi connectivity index (χ0n) is 14.6. The molecule has 8 heteroatoms. The molecular weight excluding hydrogens is 446 g/mol. The second-order valence-corrected chi connectivity index (χ2v) is 8.52. The number of nitrogens with zero attached hydrogens (tertiary/aromatic N) is 1. The van der Waals surface area contributed by atoms with Gasteiger partial charge >= 0.3 is 0 Å². The number of thiazole rings is 1. The molecule has 2 aromatic heterocycles. The van der Waals surface area contributed by atoms with Crippen LogP contribution in [0.1, 0.15) is 29.4 Å². The maximum absolute atomic E-state index is 12.3. The number of anilines is 1. The van der Waals surface area contributed by atoms with E-state index in [1.807, 2.05) is 23.8 Å². The number of rotatable bonds is 7. The summed E-state index contributed by atoms with van der Waals surface area (Å²) in [5.74, 6) is -0.243. The van der Waals surface area contributed by atoms with Crippen molar-refractivity contribution < 1.29 is 9.59 Å². The van der Waals surface area contributed by atoms with Crippen LogP contribution in [0.5, 0.6) is 0 Å². The Morgan fingerprint density at radius 3 is 2.59 bits per heavy atom. The highest BCUT2D eigenvalue weighted by atomic mass is 79.9. The van der Waals surface area contributed by atoms with Crippen molar-refractivity contribution >= 4 is 56.1 Å². The van der Waals surface area contributed by atoms with Crippen molar-refractivity contribution in [3.05, 3.63) is 56.8 Å². The average molecular weight is 464 g/mol. The van der Waals surface area contributed by atoms with E-state index in [-0.39, 0.29) is 18.2 Å². The lowest BCUT2D eigenvalue weighted by atomic mass is 10.2. The Morgan fingerprint density at radius 1 is 1.15 bits per heavy atom. The summed E-state index contributed by atoms with van der Waals surface area (Å²) in [6.45, 7) is 2.65. The second kappa shape index (κ2) is 9.25. The summed E-state index contributed by atoms with van der Waals surface area (Å²) in [6.07, 6.45) is 1.10. The summed E-state index contributed by atoms with van der Waals surface area (Å²) >= 11 is 6.58. The lowest BCUT2D eigenvalue weighted by molar-refractivity contribution is -0.115. The Balaban J connectivity index is 1.56. The van der Waals surface area contributed by atoms with Crippen LogP contribution in [0.25, 0.3) is 9.88 Å². The molecule has 2 N–H and O–H groups in total. The molecule has 0 radical (unpaired) electrons. The molecule has 0 spiro atoms. The number of halogens is 1. The highest BCUT2D eigenvalue weighted by Crippen LogP contribution is 2.32. The molecule has 0 aliphatic carbocycles. The van der Waals surface area contributed by atoms with Crippen LogP contribution in [0.4, 0.5) is 5.69 Å². The normalized spacial score (nSPS) is 10.6. The molecular formula is C19H18BrN3O2S2. The van der Waals surface area contributed by atoms with Gasteiger partial charge in [0.25, 0.3) is 5.91 Å². The molecule has 0 fully saturated rings. The predicted octanol–water partition coefficient (Wildman–Crippen LogP) is 4.96. The maximum atomic E-state index is 12.3. The number of hydrogen-bond acceptors (Lipinski definition) is 5. The predicted molar refractivity (Wildman–Crippen MR) is 115 cm³/mol. The molecule has 3 aromatic rings. The summed E-state index contributed by atoms with van der Waals surface area (Å²) in [6, 6.07) is 8.89. The zero-order chi connectivity index (χ0) is 19.2. The van der Waals surface area contributed by atoms with E-state index in [2.05, 4.69) is 31.5 Å². The molecule has 5 nitrogen and oxygen atoms in total. The third-order valence-electron chi connectivity index (χ3n) is 3.64. The van der Waals surface area contributed by atoms with E-state index >= 15 is 0 Å². The van der Waals surface area contributed by atoms with E-state index in [9.17, 15) is 9.59 Å². The monoisotopic (exact) mass is 463 g/mol. The fourth-order valence-corrected chi connectivity index (χ4v) is 4.67. The molecule has 3 rings (SSSR count). The fourth-order valence-electron chi connectivity index (χ4n) is 2.34. The Hall–Kier alpha value is -2.03. The SMILES string of the molecule is CCCNC(=O)c1ccc(NC(=O)Cc2csc(-c3cc(Br)cs3)n2)cc1. The molecule has 0 unspecified atom stereocenters. The molecule has 2 heterocycles. The Labute approximate surface area is 174 Å². The van der Waals surface area contributed by atoms with Gasteiger partial charge in [-0.25, -0.2) is 4.98 Å². The van der Waals surface area contributed by atoms with Crippen LogP contribution >= 0.6 is 38.6 Å². The molecule has 1 aromatic carbocycles. The minimum absolute atomic E-state index is 0.107. The number of benzene rings is 1. The zero-order valence-corrected chi connectivity index (χ0v) is 17.8. The van der Waals surface area contributed by atoms with Gasteiger partial charge in [-0.3, -0.25) is 9.59 Å². The molecule has 27 heavy (non-hydrogen) atoms. The summed E-state index contributed by atoms with van der Waals surface area (Å²) < 4.78 is 1.03. The molecule has 0 saturated heterocycles. The summed E-state index contributed by atoms with van der Waals surface area (Å²) in [7, 11) is 0. The van der Waals surface area contributed by atoms with Gasteiger partial charge < -0.3 is 10.6 Å². The van der Waals surface area contributed by atoms with Crippen molar-refractivity contribution in [3.8, 4) is 9.88 Å². The van der Waals surface area contributed by atoms with Gasteiger partial charge in [-0.1, -0.05) is 6.92 Å². The van der Waals surface area contributed by atoms with Gasteiger partial charge in [-0.15, -0.1) is 22.7 Å². The van der Waals surface area contributed by atoms with Crippen molar-refractivity contribution in [2.45, 2.75) is 19.8 Å². The fraction of sp³-hybridized carbons (Fsp3) is 0.211. The van der Waals surface area contributed by atoms with Crippen LogP contribution in [0.3, 0.4) is 0 Å². The number of amides is 2. The smallest absolute Gasteiger partial charge is 0.251 e. The van der Waals surface area contributed by atoms with Gasteiger partial charge in [-0.05, 0) is 52.7 Å². The van der Waals surface area contributed by atoms with Gasteiger partial charge in [0.05, 0.1) is 17.0 Å². The summed E-state index contributed by atoms with van der Waals surface area (Å²) in [5, 5.41) is 10.5. The van der Waals surface area contributed by atoms with E-state index in [4.69, 9.17) is 0 Å². The maximum Gasteiger partial charge on any atom is 0.251 e. The quantitative estimate of drug-likeness (QED) is 0.520. The molecule has 2 amide bonds. The first-order chi connectivity index (χ1) is 13.0. The van der Waals surface area contributed by atoms with Crippen LogP contribution in [0, 0.1) is 0 Å². The van der Waals surface area contributed by atoms with Crippen molar-refractivity contribution in [3.63, 3.8) is 0 Å². The first-order valence-electron chi connectivity index (χ1n) is 8.42. The van der Waals surface area contributed by atoms with Crippen molar-refractivity contribution in [2.75, 3.05) is 11.9 Å². The van der Waals surface area contributed by atoms with E-state index < -0.39 is 0 Å². The number of carbonyl (C=O) groups excluding carboxylic acids is 2. The number of carbonyl (C=O) groups is 2. The second-order valence-electron chi connectivity index (χ2n) is 5.83. The minimum atomic E-state index is -0.137. The molecule has 140 valence electrons. The number of aromatic nitrogens is 1. The topological polar surface area (TPSA) is 71.1 Å². The highest BCUT2D eigenvalue weighted by molar-refractivity contribution is 9.10. The van der Waals surface area contributed by atoms with Crippen LogP contribution in [-0.2, 0) is 11.2 Å². The van der Waals surface area contributed by atoms with Gasteiger partial charge in [0.2, 0.25) is 5.91 Å². The van der Waals surface area contributed by atoms with Crippen molar-refractivity contribution in [1.29, 1.82) is 0 Å². The first kappa shape index (κ1) is 19.7. The lowest BCUT2D eigenvalue weighted by Crippen LogP contribution is -2.23. The standard InChI is InChI=1S/C19H18BrN3O2S2/c1-2-7-21-18(25)12-3-5-14(6-4-12)22-17(24)9-15-11-27-19(23-15)16-8-13(20)10-26-16/h3-6,8,10-11H,2,7,9H2,1H3,(H,21,25)(H,22,24). The molecule has 0 aliphatic rings. The first-order valence-corrected chi connectivity index (χ1v) is 11.0. The third-order valence-corrected chi connectivity index (χ3v) is 6.39. The molecule has 0 atom stereocenters. The Morgan fingerprint density at radius 2 is 1.93 bits per heavy atom. The van der Waals surface area contributed by atoms with Crippen LogP contribution in [0.15, 0.2) is 45.6 Å². The third kappa shape index (κ3) is 5.47. The molecule has 0 aliphatic heterocycles. The molecule has 0 saturated carbocycles. The van der Waals surface area contributed by atoms with E-state index in [1.54, 1.807) is 35.6 Å². The van der Waals surface area contributed by atoms with Crippen LogP contribution in [-0.4, -0.2) is 23.3 Å². The van der Waals surface area contributed by atoms with Crippen LogP contribution in [0.2, 0.25) is 0 Å². The van der Waals surface area contributed by atoms with Crippen molar-refractivity contribution in [2.24, 2.45) is 0 Å². The average Bonchev–Trinajstić information content (AvgIpc) is 3.29. The largest absolute Gasteiger partial charge is 0.352 e. The van der Waals surface area contributed by atoms with E-state index in [1.165, 1.54) is 11.3 Å². The summed E-state index contributed by atoms with van der Waals surface area (Å²) in [5.41, 5.74) is 1.98. The Bertz CT molecular complexity index is 935. The van der Waals surface area contributed by atoms with Crippen LogP contribution < -0.4 is 10.6 Å². The lowest BCUT2D eigenvalue weighted by Gasteiger charge is -2.06. The van der Waals surface area contributed by atoms with Crippen molar-refractivity contribution in [1.82, 2.24) is 10.3 Å². The van der Waals surface area contributed by atoms with Gasteiger partial charge in [0, 0.05) is 33.0 Å². The van der Waals surface area contributed by atoms with Gasteiger partial charge in [0.15, 0.2) is 0 Å². The van der Waals surface area contributed by atoms with E-state index in [0.717, 1.165) is 26.5 Å². The number of nitrogens with one attached hydrogen (secondary N) is 2. The Kier molecular flexibility index (Phi) is 6.76. The van der Waals surface area contributed by atoms with E-state index in [0.29, 0.717) is 17.8 Å². The van der Waals surface area contributed by atoms with Gasteiger partial charge in [0.1, 0.15) is 5.01 Å².